The molecule has 1 aliphatic heterocycles. The fraction of sp³-hybridized carbons (Fsp3) is 0.467. The van der Waals surface area contributed by atoms with Gasteiger partial charge in [-0.05, 0) is 37.7 Å². The Labute approximate surface area is 131 Å². The van der Waals surface area contributed by atoms with Gasteiger partial charge in [0.15, 0.2) is 5.82 Å². The Morgan fingerprint density at radius 2 is 2.24 bits per heavy atom. The summed E-state index contributed by atoms with van der Waals surface area (Å²) in [7, 11) is 2.03. The van der Waals surface area contributed by atoms with Gasteiger partial charge in [-0.2, -0.15) is 16.9 Å². The molecule has 4 rings (SSSR count). The minimum absolute atomic E-state index is 0.550. The number of thiophene rings is 1. The topological polar surface area (TPSA) is 42.7 Å². The SMILES string of the molecule is Cc1cc(C)c2c(n1)sc1c(NC3CCSC3)nn(C)c12. The zero-order valence-corrected chi connectivity index (χ0v) is 14.1. The van der Waals surface area contributed by atoms with Crippen molar-refractivity contribution in [2.75, 3.05) is 16.8 Å². The largest absolute Gasteiger partial charge is 0.364 e. The summed E-state index contributed by atoms with van der Waals surface area (Å²) in [5, 5.41) is 9.59. The lowest BCUT2D eigenvalue weighted by atomic mass is 10.1. The lowest BCUT2D eigenvalue weighted by molar-refractivity contribution is 0.769. The van der Waals surface area contributed by atoms with Gasteiger partial charge in [0.05, 0.1) is 10.2 Å². The predicted molar refractivity (Wildman–Crippen MR) is 92.7 cm³/mol. The lowest BCUT2D eigenvalue weighted by Gasteiger charge is -2.09. The Morgan fingerprint density at radius 3 is 3.00 bits per heavy atom. The van der Waals surface area contributed by atoms with Crippen LogP contribution in [0.15, 0.2) is 6.07 Å². The van der Waals surface area contributed by atoms with E-state index >= 15 is 0 Å². The van der Waals surface area contributed by atoms with E-state index in [1.807, 2.05) is 23.5 Å². The lowest BCUT2D eigenvalue weighted by Crippen LogP contribution is -2.18. The number of pyridine rings is 1. The molecule has 0 amide bonds. The maximum atomic E-state index is 4.71. The van der Waals surface area contributed by atoms with Gasteiger partial charge in [0.1, 0.15) is 4.83 Å². The molecule has 0 radical (unpaired) electrons. The van der Waals surface area contributed by atoms with E-state index in [1.165, 1.54) is 39.1 Å². The number of aryl methyl sites for hydroxylation is 3. The van der Waals surface area contributed by atoms with E-state index in [1.54, 1.807) is 11.3 Å². The van der Waals surface area contributed by atoms with Crippen molar-refractivity contribution < 1.29 is 0 Å². The van der Waals surface area contributed by atoms with Crippen molar-refractivity contribution in [1.82, 2.24) is 14.8 Å². The highest BCUT2D eigenvalue weighted by Gasteiger charge is 2.21. The third kappa shape index (κ3) is 2.12. The number of thioether (sulfide) groups is 1. The van der Waals surface area contributed by atoms with Gasteiger partial charge in [0, 0.05) is 29.9 Å². The minimum atomic E-state index is 0.550. The molecule has 1 aliphatic rings. The summed E-state index contributed by atoms with van der Waals surface area (Å²) >= 11 is 3.77. The summed E-state index contributed by atoms with van der Waals surface area (Å²) in [6.07, 6.45) is 1.23. The smallest absolute Gasteiger partial charge is 0.166 e. The van der Waals surface area contributed by atoms with Crippen molar-refractivity contribution in [3.8, 4) is 0 Å². The molecule has 1 saturated heterocycles. The van der Waals surface area contributed by atoms with Gasteiger partial charge in [-0.25, -0.2) is 4.98 Å². The molecule has 3 aromatic heterocycles. The summed E-state index contributed by atoms with van der Waals surface area (Å²) in [6.45, 7) is 4.22. The molecule has 1 atom stereocenters. The Hall–Kier alpha value is -1.27. The van der Waals surface area contributed by atoms with Crippen LogP contribution in [0.5, 0.6) is 0 Å². The zero-order chi connectivity index (χ0) is 14.6. The third-order valence-electron chi connectivity index (χ3n) is 4.02. The van der Waals surface area contributed by atoms with E-state index in [0.717, 1.165) is 16.3 Å². The quantitative estimate of drug-likeness (QED) is 0.782. The van der Waals surface area contributed by atoms with E-state index in [4.69, 9.17) is 10.1 Å². The van der Waals surface area contributed by atoms with E-state index in [9.17, 15) is 0 Å². The zero-order valence-electron chi connectivity index (χ0n) is 12.4. The number of nitrogens with one attached hydrogen (secondary N) is 1. The second-order valence-corrected chi connectivity index (χ2v) is 7.87. The summed E-state index contributed by atoms with van der Waals surface area (Å²) in [4.78, 5) is 5.83. The number of hydrogen-bond acceptors (Lipinski definition) is 5. The van der Waals surface area contributed by atoms with Crippen LogP contribution in [-0.4, -0.2) is 32.3 Å². The average Bonchev–Trinajstić information content (AvgIpc) is 3.09. The van der Waals surface area contributed by atoms with Crippen molar-refractivity contribution in [1.29, 1.82) is 0 Å². The maximum Gasteiger partial charge on any atom is 0.166 e. The van der Waals surface area contributed by atoms with Crippen molar-refractivity contribution in [2.24, 2.45) is 7.05 Å². The van der Waals surface area contributed by atoms with Gasteiger partial charge in [0.2, 0.25) is 0 Å². The molecule has 0 spiro atoms. The van der Waals surface area contributed by atoms with Crippen LogP contribution in [-0.2, 0) is 7.05 Å². The normalized spacial score (nSPS) is 18.9. The van der Waals surface area contributed by atoms with E-state index in [2.05, 4.69) is 25.2 Å². The number of aromatic nitrogens is 3. The molecule has 21 heavy (non-hydrogen) atoms. The monoisotopic (exact) mass is 318 g/mol. The average molecular weight is 318 g/mol. The van der Waals surface area contributed by atoms with E-state index < -0.39 is 0 Å². The molecule has 0 aromatic carbocycles. The van der Waals surface area contributed by atoms with Gasteiger partial charge in [-0.3, -0.25) is 4.68 Å². The van der Waals surface area contributed by atoms with Crippen molar-refractivity contribution in [2.45, 2.75) is 26.3 Å². The first-order valence-corrected chi connectivity index (χ1v) is 9.18. The number of anilines is 1. The third-order valence-corrected chi connectivity index (χ3v) is 6.26. The number of rotatable bonds is 2. The highest BCUT2D eigenvalue weighted by Crippen LogP contribution is 2.39. The molecule has 4 heterocycles. The van der Waals surface area contributed by atoms with E-state index in [-0.39, 0.29) is 0 Å². The molecule has 6 heteroatoms. The molecule has 1 fully saturated rings. The maximum absolute atomic E-state index is 4.71. The molecule has 0 saturated carbocycles. The van der Waals surface area contributed by atoms with Crippen molar-refractivity contribution in [3.05, 3.63) is 17.3 Å². The van der Waals surface area contributed by atoms with Crippen molar-refractivity contribution >= 4 is 49.3 Å². The Balaban J connectivity index is 1.91. The molecular weight excluding hydrogens is 300 g/mol. The van der Waals surface area contributed by atoms with Crippen LogP contribution in [0.1, 0.15) is 17.7 Å². The first-order valence-electron chi connectivity index (χ1n) is 7.21. The van der Waals surface area contributed by atoms with Crippen LogP contribution in [0, 0.1) is 13.8 Å². The second-order valence-electron chi connectivity index (χ2n) is 5.72. The van der Waals surface area contributed by atoms with Crippen LogP contribution in [0.3, 0.4) is 0 Å². The molecule has 4 nitrogen and oxygen atoms in total. The first kappa shape index (κ1) is 13.4. The molecule has 3 aromatic rings. The first-order chi connectivity index (χ1) is 10.1. The van der Waals surface area contributed by atoms with Gasteiger partial charge < -0.3 is 5.32 Å². The summed E-state index contributed by atoms with van der Waals surface area (Å²) in [6, 6.07) is 2.71. The van der Waals surface area contributed by atoms with E-state index in [0.29, 0.717) is 6.04 Å². The summed E-state index contributed by atoms with van der Waals surface area (Å²) in [5.41, 5.74) is 3.59. The minimum Gasteiger partial charge on any atom is -0.364 e. The molecule has 0 bridgehead atoms. The Kier molecular flexibility index (Phi) is 3.11. The molecule has 1 N–H and O–H groups in total. The van der Waals surface area contributed by atoms with Crippen LogP contribution >= 0.6 is 23.1 Å². The number of hydrogen-bond donors (Lipinski definition) is 1. The molecule has 1 unspecified atom stereocenters. The van der Waals surface area contributed by atoms with Gasteiger partial charge >= 0.3 is 0 Å². The summed E-state index contributed by atoms with van der Waals surface area (Å²) in [5.74, 6) is 3.46. The van der Waals surface area contributed by atoms with Crippen LogP contribution in [0.4, 0.5) is 5.82 Å². The number of fused-ring (bicyclic) bond motifs is 3. The highest BCUT2D eigenvalue weighted by molar-refractivity contribution is 7.99. The standard InChI is InChI=1S/C15H18N4S2/c1-8-6-9(2)16-15-11(8)12-13(21-15)14(18-19(12)3)17-10-4-5-20-7-10/h6,10H,4-5,7H2,1-3H3,(H,17,18). The second kappa shape index (κ2) is 4.88. The molecule has 110 valence electrons. The van der Waals surface area contributed by atoms with Crippen LogP contribution in [0.25, 0.3) is 20.4 Å². The van der Waals surface area contributed by atoms with Gasteiger partial charge in [-0.1, -0.05) is 0 Å². The highest BCUT2D eigenvalue weighted by atomic mass is 32.2. The summed E-state index contributed by atoms with van der Waals surface area (Å²) < 4.78 is 3.24. The van der Waals surface area contributed by atoms with Crippen LogP contribution in [0.2, 0.25) is 0 Å². The van der Waals surface area contributed by atoms with Crippen molar-refractivity contribution in [3.63, 3.8) is 0 Å². The van der Waals surface area contributed by atoms with Gasteiger partial charge in [0.25, 0.3) is 0 Å². The Morgan fingerprint density at radius 1 is 1.38 bits per heavy atom. The Bertz CT molecular complexity index is 827. The fourth-order valence-corrected chi connectivity index (χ4v) is 5.50. The number of nitrogens with zero attached hydrogens (tertiary/aromatic N) is 3. The molecular formula is C15H18N4S2. The predicted octanol–water partition coefficient (Wildman–Crippen LogP) is 3.72. The van der Waals surface area contributed by atoms with Crippen LogP contribution < -0.4 is 5.32 Å². The van der Waals surface area contributed by atoms with Gasteiger partial charge in [-0.15, -0.1) is 11.3 Å². The fourth-order valence-electron chi connectivity index (χ4n) is 3.07. The molecule has 0 aliphatic carbocycles.